The number of amides is 2. The first-order valence-corrected chi connectivity index (χ1v) is 9.73. The standard InChI is InChI=1S/C20H30N6O3/c1-20(2,3)29-19(28)26(4)13-16(27)22-11-7-5-6-8-14-12-23-18(21)25-17(14)24-15-9-10-15/h12,15H,5,7,9-11,13H2,1-4H3,(H,22,27)(H3,21,23,24,25). The van der Waals surface area contributed by atoms with Crippen molar-refractivity contribution in [1.29, 1.82) is 0 Å². The number of hydrogen-bond donors (Lipinski definition) is 3. The van der Waals surface area contributed by atoms with Crippen molar-refractivity contribution in [1.82, 2.24) is 20.2 Å². The number of carbonyl (C=O) groups excluding carboxylic acids is 2. The molecule has 2 amide bonds. The summed E-state index contributed by atoms with van der Waals surface area (Å²) in [6.45, 7) is 5.75. The average molecular weight is 402 g/mol. The maximum absolute atomic E-state index is 11.9. The molecule has 4 N–H and O–H groups in total. The number of anilines is 2. The topological polar surface area (TPSA) is 122 Å². The third-order valence-electron chi connectivity index (χ3n) is 3.84. The van der Waals surface area contributed by atoms with Crippen LogP contribution < -0.4 is 16.4 Å². The van der Waals surface area contributed by atoms with E-state index in [0.717, 1.165) is 12.8 Å². The first-order chi connectivity index (χ1) is 13.6. The van der Waals surface area contributed by atoms with Crippen LogP contribution in [0.25, 0.3) is 0 Å². The number of nitrogens with two attached hydrogens (primary N) is 1. The van der Waals surface area contributed by atoms with E-state index in [4.69, 9.17) is 10.5 Å². The van der Waals surface area contributed by atoms with Crippen LogP contribution in [0.5, 0.6) is 0 Å². The monoisotopic (exact) mass is 402 g/mol. The number of hydrogen-bond acceptors (Lipinski definition) is 7. The third kappa shape index (κ3) is 8.68. The van der Waals surface area contributed by atoms with Gasteiger partial charge in [0.1, 0.15) is 18.0 Å². The Balaban J connectivity index is 1.70. The van der Waals surface area contributed by atoms with Crippen molar-refractivity contribution < 1.29 is 14.3 Å². The molecule has 1 aliphatic rings. The molecule has 0 saturated heterocycles. The lowest BCUT2D eigenvalue weighted by atomic mass is 10.2. The summed E-state index contributed by atoms with van der Waals surface area (Å²) in [4.78, 5) is 33.2. The molecule has 0 aromatic carbocycles. The zero-order chi connectivity index (χ0) is 21.4. The van der Waals surface area contributed by atoms with Crippen molar-refractivity contribution in [2.75, 3.05) is 31.2 Å². The minimum absolute atomic E-state index is 0.0560. The summed E-state index contributed by atoms with van der Waals surface area (Å²) in [6, 6.07) is 0.443. The minimum atomic E-state index is -0.593. The van der Waals surface area contributed by atoms with Gasteiger partial charge in [0.15, 0.2) is 0 Å². The molecule has 158 valence electrons. The molecule has 2 rings (SSSR count). The molecule has 0 atom stereocenters. The fraction of sp³-hybridized carbons (Fsp3) is 0.600. The molecule has 0 unspecified atom stereocenters. The Morgan fingerprint density at radius 1 is 1.38 bits per heavy atom. The van der Waals surface area contributed by atoms with Gasteiger partial charge in [-0.15, -0.1) is 0 Å². The largest absolute Gasteiger partial charge is 0.444 e. The molecular formula is C20H30N6O3. The van der Waals surface area contributed by atoms with Crippen LogP contribution in [0.3, 0.4) is 0 Å². The predicted octanol–water partition coefficient (Wildman–Crippen LogP) is 1.75. The lowest BCUT2D eigenvalue weighted by molar-refractivity contribution is -0.122. The number of aromatic nitrogens is 2. The smallest absolute Gasteiger partial charge is 0.410 e. The Kier molecular flexibility index (Phi) is 7.65. The van der Waals surface area contributed by atoms with Crippen LogP contribution in [0, 0.1) is 11.8 Å². The lowest BCUT2D eigenvalue weighted by Gasteiger charge is -2.24. The molecule has 1 aliphatic carbocycles. The third-order valence-corrected chi connectivity index (χ3v) is 3.84. The SMILES string of the molecule is CN(CC(=O)NCCCC#Cc1cnc(N)nc1NC1CC1)C(=O)OC(C)(C)C. The quantitative estimate of drug-likeness (QED) is 0.469. The van der Waals surface area contributed by atoms with Gasteiger partial charge in [0.05, 0.1) is 11.8 Å². The second kappa shape index (κ2) is 9.96. The Hall–Kier alpha value is -3.02. The number of ether oxygens (including phenoxy) is 1. The molecule has 0 aliphatic heterocycles. The van der Waals surface area contributed by atoms with Gasteiger partial charge in [0.2, 0.25) is 11.9 Å². The van der Waals surface area contributed by atoms with Gasteiger partial charge in [0, 0.05) is 26.1 Å². The second-order valence-electron chi connectivity index (χ2n) is 8.00. The molecule has 1 saturated carbocycles. The van der Waals surface area contributed by atoms with Gasteiger partial charge in [-0.3, -0.25) is 4.79 Å². The number of likely N-dealkylation sites (N-methyl/N-ethyl adjacent to an activating group) is 1. The highest BCUT2D eigenvalue weighted by atomic mass is 16.6. The number of nitrogen functional groups attached to an aromatic ring is 1. The van der Waals surface area contributed by atoms with Gasteiger partial charge < -0.3 is 26.0 Å². The summed E-state index contributed by atoms with van der Waals surface area (Å²) < 4.78 is 5.21. The first-order valence-electron chi connectivity index (χ1n) is 9.73. The van der Waals surface area contributed by atoms with Gasteiger partial charge in [-0.25, -0.2) is 9.78 Å². The van der Waals surface area contributed by atoms with Crippen molar-refractivity contribution in [3.05, 3.63) is 11.8 Å². The summed E-state index contributed by atoms with van der Waals surface area (Å²) in [5.41, 5.74) is 5.77. The molecule has 0 bridgehead atoms. The highest BCUT2D eigenvalue weighted by Gasteiger charge is 2.23. The van der Waals surface area contributed by atoms with E-state index in [9.17, 15) is 9.59 Å². The molecule has 1 fully saturated rings. The molecule has 1 aromatic heterocycles. The Morgan fingerprint density at radius 2 is 2.10 bits per heavy atom. The maximum atomic E-state index is 11.9. The Morgan fingerprint density at radius 3 is 2.76 bits per heavy atom. The predicted molar refractivity (Wildman–Crippen MR) is 111 cm³/mol. The van der Waals surface area contributed by atoms with Crippen molar-refractivity contribution in [3.8, 4) is 11.8 Å². The van der Waals surface area contributed by atoms with Crippen LogP contribution in [0.2, 0.25) is 0 Å². The van der Waals surface area contributed by atoms with Crippen molar-refractivity contribution in [3.63, 3.8) is 0 Å². The molecule has 1 aromatic rings. The molecule has 9 heteroatoms. The van der Waals surface area contributed by atoms with Gasteiger partial charge >= 0.3 is 6.09 Å². The van der Waals surface area contributed by atoms with E-state index in [1.54, 1.807) is 27.0 Å². The number of unbranched alkanes of at least 4 members (excludes halogenated alkanes) is 1. The van der Waals surface area contributed by atoms with E-state index in [0.29, 0.717) is 36.8 Å². The number of nitrogens with zero attached hydrogens (tertiary/aromatic N) is 3. The van der Waals surface area contributed by atoms with E-state index in [1.807, 2.05) is 0 Å². The van der Waals surface area contributed by atoms with Gasteiger partial charge in [-0.2, -0.15) is 4.98 Å². The van der Waals surface area contributed by atoms with Crippen LogP contribution >= 0.6 is 0 Å². The Labute approximate surface area is 171 Å². The van der Waals surface area contributed by atoms with Crippen molar-refractivity contribution >= 4 is 23.8 Å². The van der Waals surface area contributed by atoms with E-state index < -0.39 is 11.7 Å². The van der Waals surface area contributed by atoms with Gasteiger partial charge in [-0.05, 0) is 40.0 Å². The molecule has 29 heavy (non-hydrogen) atoms. The maximum Gasteiger partial charge on any atom is 0.410 e. The van der Waals surface area contributed by atoms with Crippen LogP contribution in [0.1, 0.15) is 52.0 Å². The van der Waals surface area contributed by atoms with Crippen LogP contribution in [-0.2, 0) is 9.53 Å². The molecular weight excluding hydrogens is 372 g/mol. The molecule has 0 radical (unpaired) electrons. The number of nitrogens with one attached hydrogen (secondary N) is 2. The Bertz CT molecular complexity index is 790. The lowest BCUT2D eigenvalue weighted by Crippen LogP contribution is -2.41. The highest BCUT2D eigenvalue weighted by molar-refractivity contribution is 5.82. The summed E-state index contributed by atoms with van der Waals surface area (Å²) >= 11 is 0. The van der Waals surface area contributed by atoms with Gasteiger partial charge in [-0.1, -0.05) is 11.8 Å². The molecule has 9 nitrogen and oxygen atoms in total. The number of carbonyl (C=O) groups is 2. The second-order valence-corrected chi connectivity index (χ2v) is 8.00. The summed E-state index contributed by atoms with van der Waals surface area (Å²) in [6.07, 6.45) is 4.64. The van der Waals surface area contributed by atoms with E-state index in [2.05, 4.69) is 32.4 Å². The molecule has 1 heterocycles. The zero-order valence-corrected chi connectivity index (χ0v) is 17.5. The zero-order valence-electron chi connectivity index (χ0n) is 17.5. The first kappa shape index (κ1) is 22.3. The highest BCUT2D eigenvalue weighted by Crippen LogP contribution is 2.25. The average Bonchev–Trinajstić information content (AvgIpc) is 3.42. The number of rotatable bonds is 7. The van der Waals surface area contributed by atoms with Crippen molar-refractivity contribution in [2.45, 2.75) is 58.1 Å². The summed E-state index contributed by atoms with van der Waals surface area (Å²) in [5.74, 6) is 6.77. The van der Waals surface area contributed by atoms with Crippen LogP contribution in [0.15, 0.2) is 6.20 Å². The van der Waals surface area contributed by atoms with Crippen molar-refractivity contribution in [2.24, 2.45) is 0 Å². The fourth-order valence-electron chi connectivity index (χ4n) is 2.26. The van der Waals surface area contributed by atoms with Gasteiger partial charge in [0.25, 0.3) is 0 Å². The fourth-order valence-corrected chi connectivity index (χ4v) is 2.26. The van der Waals surface area contributed by atoms with Crippen LogP contribution in [-0.4, -0.2) is 58.6 Å². The minimum Gasteiger partial charge on any atom is -0.444 e. The van der Waals surface area contributed by atoms with E-state index >= 15 is 0 Å². The normalized spacial score (nSPS) is 13.1. The van der Waals surface area contributed by atoms with E-state index in [-0.39, 0.29) is 18.4 Å². The summed E-state index contributed by atoms with van der Waals surface area (Å²) in [5, 5.41) is 6.07. The summed E-state index contributed by atoms with van der Waals surface area (Å²) in [7, 11) is 1.53. The molecule has 0 spiro atoms. The van der Waals surface area contributed by atoms with Crippen LogP contribution in [0.4, 0.5) is 16.6 Å². The van der Waals surface area contributed by atoms with E-state index in [1.165, 1.54) is 11.9 Å².